The number of halogens is 1. The van der Waals surface area contributed by atoms with Gasteiger partial charge in [0.1, 0.15) is 5.82 Å². The summed E-state index contributed by atoms with van der Waals surface area (Å²) < 4.78 is 13.5. The average molecular weight is 294 g/mol. The Labute approximate surface area is 129 Å². The summed E-state index contributed by atoms with van der Waals surface area (Å²) in [5.74, 6) is -0.0994. The minimum Gasteiger partial charge on any atom is -0.312 e. The summed E-state index contributed by atoms with van der Waals surface area (Å²) in [6.07, 6.45) is 4.92. The molecule has 1 rings (SSSR count). The van der Waals surface area contributed by atoms with Crippen LogP contribution in [-0.4, -0.2) is 30.6 Å². The van der Waals surface area contributed by atoms with Crippen LogP contribution in [0.15, 0.2) is 24.3 Å². The first-order chi connectivity index (χ1) is 9.88. The molecule has 1 aromatic rings. The molecule has 0 spiro atoms. The van der Waals surface area contributed by atoms with Crippen molar-refractivity contribution in [1.82, 2.24) is 10.2 Å². The Kier molecular flexibility index (Phi) is 7.91. The zero-order valence-corrected chi connectivity index (χ0v) is 14.1. The molecule has 0 heterocycles. The Hall–Kier alpha value is -0.930. The van der Waals surface area contributed by atoms with Gasteiger partial charge in [-0.05, 0) is 59.8 Å². The lowest BCUT2D eigenvalue weighted by Gasteiger charge is -2.20. The van der Waals surface area contributed by atoms with Crippen LogP contribution in [0.4, 0.5) is 4.39 Å². The molecule has 2 nitrogen and oxygen atoms in total. The summed E-state index contributed by atoms with van der Waals surface area (Å²) in [7, 11) is 2.06. The first kappa shape index (κ1) is 18.1. The van der Waals surface area contributed by atoms with Gasteiger partial charge in [0.2, 0.25) is 0 Å². The van der Waals surface area contributed by atoms with E-state index >= 15 is 0 Å². The predicted octanol–water partition coefficient (Wildman–Crippen LogP) is 4.21. The minimum absolute atomic E-state index is 0.0994. The molecule has 0 atom stereocenters. The quantitative estimate of drug-likeness (QED) is 0.686. The monoisotopic (exact) mass is 294 g/mol. The molecule has 0 fully saturated rings. The van der Waals surface area contributed by atoms with Crippen molar-refractivity contribution in [3.8, 4) is 0 Å². The van der Waals surface area contributed by atoms with E-state index in [9.17, 15) is 4.39 Å². The summed E-state index contributed by atoms with van der Waals surface area (Å²) in [6.45, 7) is 9.41. The molecule has 3 heteroatoms. The molecule has 0 aliphatic heterocycles. The van der Waals surface area contributed by atoms with Crippen molar-refractivity contribution in [2.75, 3.05) is 20.1 Å². The fourth-order valence-electron chi connectivity index (χ4n) is 2.32. The van der Waals surface area contributed by atoms with Crippen molar-refractivity contribution in [2.45, 2.75) is 58.5 Å². The molecule has 0 bridgehead atoms. The molecule has 0 amide bonds. The third-order valence-electron chi connectivity index (χ3n) is 3.52. The second kappa shape index (κ2) is 9.16. The third kappa shape index (κ3) is 8.84. The lowest BCUT2D eigenvalue weighted by atomic mass is 10.1. The number of rotatable bonds is 9. The van der Waals surface area contributed by atoms with Crippen molar-refractivity contribution < 1.29 is 4.39 Å². The van der Waals surface area contributed by atoms with Gasteiger partial charge in [-0.3, -0.25) is 0 Å². The van der Waals surface area contributed by atoms with Crippen LogP contribution in [-0.2, 0) is 6.54 Å². The second-order valence-electron chi connectivity index (χ2n) is 6.92. The molecule has 0 radical (unpaired) electrons. The van der Waals surface area contributed by atoms with E-state index in [1.807, 2.05) is 12.1 Å². The van der Waals surface area contributed by atoms with E-state index in [1.165, 1.54) is 31.7 Å². The van der Waals surface area contributed by atoms with Crippen molar-refractivity contribution in [1.29, 1.82) is 0 Å². The number of nitrogens with zero attached hydrogens (tertiary/aromatic N) is 1. The van der Waals surface area contributed by atoms with Crippen LogP contribution >= 0.6 is 0 Å². The molecule has 1 N–H and O–H groups in total. The first-order valence-corrected chi connectivity index (χ1v) is 8.05. The van der Waals surface area contributed by atoms with Gasteiger partial charge in [0.15, 0.2) is 0 Å². The molecule has 1 aromatic carbocycles. The molecule has 0 saturated carbocycles. The predicted molar refractivity (Wildman–Crippen MR) is 89.0 cm³/mol. The summed E-state index contributed by atoms with van der Waals surface area (Å²) >= 11 is 0. The van der Waals surface area contributed by atoms with E-state index in [0.29, 0.717) is 6.54 Å². The molecule has 0 aliphatic rings. The topological polar surface area (TPSA) is 15.3 Å². The van der Waals surface area contributed by atoms with E-state index in [1.54, 1.807) is 6.07 Å². The Morgan fingerprint density at radius 1 is 1.05 bits per heavy atom. The highest BCUT2D eigenvalue weighted by Gasteiger charge is 2.07. The van der Waals surface area contributed by atoms with Gasteiger partial charge >= 0.3 is 0 Å². The van der Waals surface area contributed by atoms with Gasteiger partial charge in [0.25, 0.3) is 0 Å². The maximum absolute atomic E-state index is 13.5. The van der Waals surface area contributed by atoms with Crippen molar-refractivity contribution in [3.05, 3.63) is 35.6 Å². The SMILES string of the molecule is CN(CCCCCCNC(C)(C)C)Cc1ccccc1F. The highest BCUT2D eigenvalue weighted by Crippen LogP contribution is 2.10. The van der Waals surface area contributed by atoms with E-state index < -0.39 is 0 Å². The highest BCUT2D eigenvalue weighted by atomic mass is 19.1. The van der Waals surface area contributed by atoms with Gasteiger partial charge < -0.3 is 10.2 Å². The molecular formula is C18H31FN2. The second-order valence-corrected chi connectivity index (χ2v) is 6.92. The molecule has 0 unspecified atom stereocenters. The largest absolute Gasteiger partial charge is 0.312 e. The molecular weight excluding hydrogens is 263 g/mol. The Balaban J connectivity index is 2.06. The maximum atomic E-state index is 13.5. The van der Waals surface area contributed by atoms with Crippen LogP contribution in [0.3, 0.4) is 0 Å². The summed E-state index contributed by atoms with van der Waals surface area (Å²) in [6, 6.07) is 7.04. The fraction of sp³-hybridized carbons (Fsp3) is 0.667. The van der Waals surface area contributed by atoms with Crippen LogP contribution < -0.4 is 5.32 Å². The Morgan fingerprint density at radius 2 is 1.71 bits per heavy atom. The Bertz CT molecular complexity index is 398. The first-order valence-electron chi connectivity index (χ1n) is 8.05. The molecule has 0 aliphatic carbocycles. The smallest absolute Gasteiger partial charge is 0.127 e. The van der Waals surface area contributed by atoms with E-state index in [0.717, 1.165) is 18.7 Å². The van der Waals surface area contributed by atoms with Crippen molar-refractivity contribution >= 4 is 0 Å². The maximum Gasteiger partial charge on any atom is 0.127 e. The van der Waals surface area contributed by atoms with E-state index in [-0.39, 0.29) is 11.4 Å². The molecule has 0 aromatic heterocycles. The van der Waals surface area contributed by atoms with Gasteiger partial charge in [-0.1, -0.05) is 31.0 Å². The highest BCUT2D eigenvalue weighted by molar-refractivity contribution is 5.16. The Morgan fingerprint density at radius 3 is 2.38 bits per heavy atom. The lowest BCUT2D eigenvalue weighted by molar-refractivity contribution is 0.311. The lowest BCUT2D eigenvalue weighted by Crippen LogP contribution is -2.36. The zero-order valence-electron chi connectivity index (χ0n) is 14.1. The van der Waals surface area contributed by atoms with Gasteiger partial charge in [-0.25, -0.2) is 4.39 Å². The fourth-order valence-corrected chi connectivity index (χ4v) is 2.32. The number of benzene rings is 1. The number of hydrogen-bond donors (Lipinski definition) is 1. The van der Waals surface area contributed by atoms with Crippen LogP contribution in [0.5, 0.6) is 0 Å². The van der Waals surface area contributed by atoms with Crippen molar-refractivity contribution in [3.63, 3.8) is 0 Å². The number of hydrogen-bond acceptors (Lipinski definition) is 2. The van der Waals surface area contributed by atoms with Gasteiger partial charge in [0, 0.05) is 17.6 Å². The van der Waals surface area contributed by atoms with E-state index in [4.69, 9.17) is 0 Å². The summed E-state index contributed by atoms with van der Waals surface area (Å²) in [5.41, 5.74) is 1.01. The van der Waals surface area contributed by atoms with Gasteiger partial charge in [0.05, 0.1) is 0 Å². The molecule has 0 saturated heterocycles. The summed E-state index contributed by atoms with van der Waals surface area (Å²) in [4.78, 5) is 2.20. The number of unbranched alkanes of at least 4 members (excludes halogenated alkanes) is 3. The van der Waals surface area contributed by atoms with Gasteiger partial charge in [-0.15, -0.1) is 0 Å². The summed E-state index contributed by atoms with van der Waals surface area (Å²) in [5, 5.41) is 3.51. The van der Waals surface area contributed by atoms with Crippen LogP contribution in [0.2, 0.25) is 0 Å². The normalized spacial score (nSPS) is 12.1. The third-order valence-corrected chi connectivity index (χ3v) is 3.52. The van der Waals surface area contributed by atoms with Crippen LogP contribution in [0.1, 0.15) is 52.0 Å². The number of nitrogens with one attached hydrogen (secondary N) is 1. The minimum atomic E-state index is -0.0994. The standard InChI is InChI=1S/C18H31FN2/c1-18(2,3)20-13-9-5-6-10-14-21(4)15-16-11-7-8-12-17(16)19/h7-8,11-12,20H,5-6,9-10,13-15H2,1-4H3. The van der Waals surface area contributed by atoms with Crippen LogP contribution in [0.25, 0.3) is 0 Å². The average Bonchev–Trinajstić information content (AvgIpc) is 2.39. The molecule has 120 valence electrons. The van der Waals surface area contributed by atoms with E-state index in [2.05, 4.69) is 38.0 Å². The van der Waals surface area contributed by atoms with Crippen LogP contribution in [0, 0.1) is 5.82 Å². The van der Waals surface area contributed by atoms with Crippen molar-refractivity contribution in [2.24, 2.45) is 0 Å². The zero-order chi connectivity index (χ0) is 15.7. The molecule has 21 heavy (non-hydrogen) atoms. The van der Waals surface area contributed by atoms with Gasteiger partial charge in [-0.2, -0.15) is 0 Å².